The highest BCUT2D eigenvalue weighted by Crippen LogP contribution is 2.21. The maximum absolute atomic E-state index is 12.3. The molecule has 1 rings (SSSR count). The van der Waals surface area contributed by atoms with Crippen LogP contribution in [0.2, 0.25) is 0 Å². The molecule has 0 bridgehead atoms. The van der Waals surface area contributed by atoms with E-state index in [2.05, 4.69) is 4.72 Å². The number of hydrogen-bond donors (Lipinski definition) is 2. The van der Waals surface area contributed by atoms with E-state index in [4.69, 9.17) is 5.73 Å². The molecule has 2 atom stereocenters. The molecule has 0 radical (unpaired) electrons. The van der Waals surface area contributed by atoms with Gasteiger partial charge in [0.05, 0.1) is 10.8 Å². The van der Waals surface area contributed by atoms with Crippen molar-refractivity contribution in [3.63, 3.8) is 0 Å². The minimum Gasteiger partial charge on any atom is -0.340 e. The first kappa shape index (κ1) is 16.4. The molecule has 0 aliphatic carbocycles. The van der Waals surface area contributed by atoms with Crippen molar-refractivity contribution in [2.24, 2.45) is 5.73 Å². The number of likely N-dealkylation sites (tertiary alicyclic amines) is 1. The van der Waals surface area contributed by atoms with Gasteiger partial charge in [-0.25, -0.2) is 13.1 Å². The zero-order valence-corrected chi connectivity index (χ0v) is 12.8. The first-order valence-corrected chi connectivity index (χ1v) is 8.36. The van der Waals surface area contributed by atoms with Gasteiger partial charge in [-0.1, -0.05) is 20.3 Å². The standard InChI is InChI=1S/C12H25N3O3S/c1-4-7-12(3,13)11(16)15-8-6-10(9-15)19(17,18)14-5-2/h10,14H,4-9,13H2,1-3H3. The second-order valence-electron chi connectivity index (χ2n) is 5.37. The average molecular weight is 291 g/mol. The van der Waals surface area contributed by atoms with Gasteiger partial charge < -0.3 is 10.6 Å². The van der Waals surface area contributed by atoms with Crippen LogP contribution in [0.3, 0.4) is 0 Å². The summed E-state index contributed by atoms with van der Waals surface area (Å²) in [6, 6.07) is 0. The molecule has 1 heterocycles. The molecule has 1 saturated heterocycles. The molecule has 2 unspecified atom stereocenters. The Bertz CT molecular complexity index is 420. The van der Waals surface area contributed by atoms with Gasteiger partial charge in [-0.3, -0.25) is 4.79 Å². The Kier molecular flexibility index (Phi) is 5.34. The molecule has 0 aromatic rings. The van der Waals surface area contributed by atoms with Crippen molar-refractivity contribution in [1.82, 2.24) is 9.62 Å². The van der Waals surface area contributed by atoms with E-state index in [1.807, 2.05) is 6.92 Å². The summed E-state index contributed by atoms with van der Waals surface area (Å²) in [5, 5.41) is -0.520. The third kappa shape index (κ3) is 3.90. The van der Waals surface area contributed by atoms with Gasteiger partial charge in [0.15, 0.2) is 0 Å². The molecule has 1 amide bonds. The lowest BCUT2D eigenvalue weighted by Crippen LogP contribution is -2.53. The van der Waals surface area contributed by atoms with E-state index in [9.17, 15) is 13.2 Å². The Morgan fingerprint density at radius 1 is 1.47 bits per heavy atom. The number of nitrogens with zero attached hydrogens (tertiary/aromatic N) is 1. The predicted molar refractivity (Wildman–Crippen MR) is 75.1 cm³/mol. The molecular formula is C12H25N3O3S. The average Bonchev–Trinajstić information content (AvgIpc) is 2.77. The van der Waals surface area contributed by atoms with Gasteiger partial charge >= 0.3 is 0 Å². The lowest BCUT2D eigenvalue weighted by Gasteiger charge is -2.28. The Hall–Kier alpha value is -0.660. The van der Waals surface area contributed by atoms with E-state index in [1.54, 1.807) is 18.7 Å². The van der Waals surface area contributed by atoms with E-state index in [0.29, 0.717) is 25.9 Å². The Morgan fingerprint density at radius 3 is 2.63 bits per heavy atom. The van der Waals surface area contributed by atoms with Crippen molar-refractivity contribution in [1.29, 1.82) is 0 Å². The lowest BCUT2D eigenvalue weighted by atomic mass is 9.96. The second-order valence-corrected chi connectivity index (χ2v) is 7.42. The first-order valence-electron chi connectivity index (χ1n) is 6.81. The number of amides is 1. The fraction of sp³-hybridized carbons (Fsp3) is 0.917. The van der Waals surface area contributed by atoms with Crippen LogP contribution in [0.15, 0.2) is 0 Å². The highest BCUT2D eigenvalue weighted by molar-refractivity contribution is 7.90. The van der Waals surface area contributed by atoms with Crippen molar-refractivity contribution in [3.05, 3.63) is 0 Å². The summed E-state index contributed by atoms with van der Waals surface area (Å²) >= 11 is 0. The maximum atomic E-state index is 12.3. The Balaban J connectivity index is 2.69. The van der Waals surface area contributed by atoms with Crippen LogP contribution >= 0.6 is 0 Å². The van der Waals surface area contributed by atoms with Gasteiger partial charge in [0.25, 0.3) is 0 Å². The van der Waals surface area contributed by atoms with Crippen LogP contribution < -0.4 is 10.5 Å². The number of sulfonamides is 1. The van der Waals surface area contributed by atoms with Crippen LogP contribution in [-0.4, -0.2) is 49.6 Å². The van der Waals surface area contributed by atoms with Crippen molar-refractivity contribution in [2.45, 2.75) is 50.8 Å². The lowest BCUT2D eigenvalue weighted by molar-refractivity contribution is -0.135. The van der Waals surface area contributed by atoms with Gasteiger partial charge in [0.1, 0.15) is 0 Å². The normalized spacial score (nSPS) is 23.4. The smallest absolute Gasteiger partial charge is 0.242 e. The third-order valence-corrected chi connectivity index (χ3v) is 5.43. The van der Waals surface area contributed by atoms with Crippen molar-refractivity contribution in [2.75, 3.05) is 19.6 Å². The monoisotopic (exact) mass is 291 g/mol. The van der Waals surface area contributed by atoms with Crippen LogP contribution in [0.25, 0.3) is 0 Å². The van der Waals surface area contributed by atoms with E-state index < -0.39 is 20.8 Å². The molecule has 1 fully saturated rings. The zero-order valence-electron chi connectivity index (χ0n) is 12.0. The number of rotatable bonds is 6. The second kappa shape index (κ2) is 6.19. The molecule has 1 aliphatic rings. The largest absolute Gasteiger partial charge is 0.340 e. The molecule has 6 nitrogen and oxygen atoms in total. The topological polar surface area (TPSA) is 92.5 Å². The predicted octanol–water partition coefficient (Wildman–Crippen LogP) is 0.0441. The van der Waals surface area contributed by atoms with Crippen molar-refractivity contribution >= 4 is 15.9 Å². The Labute approximate surface area is 115 Å². The molecule has 3 N–H and O–H groups in total. The van der Waals surface area contributed by atoms with Gasteiger partial charge in [-0.05, 0) is 19.8 Å². The first-order chi connectivity index (χ1) is 8.74. The van der Waals surface area contributed by atoms with Crippen molar-refractivity contribution < 1.29 is 13.2 Å². The molecule has 0 aromatic carbocycles. The summed E-state index contributed by atoms with van der Waals surface area (Å²) in [6.45, 7) is 6.51. The quantitative estimate of drug-likeness (QED) is 0.723. The molecule has 0 saturated carbocycles. The molecule has 112 valence electrons. The number of hydrogen-bond acceptors (Lipinski definition) is 4. The summed E-state index contributed by atoms with van der Waals surface area (Å²) in [7, 11) is -3.32. The minimum atomic E-state index is -3.32. The molecule has 19 heavy (non-hydrogen) atoms. The summed E-state index contributed by atoms with van der Waals surface area (Å²) in [4.78, 5) is 13.9. The molecule has 0 aromatic heterocycles. The van der Waals surface area contributed by atoms with Gasteiger partial charge in [0.2, 0.25) is 15.9 Å². The number of nitrogens with two attached hydrogens (primary N) is 1. The van der Waals surface area contributed by atoms with E-state index >= 15 is 0 Å². The fourth-order valence-corrected chi connectivity index (χ4v) is 3.90. The van der Waals surface area contributed by atoms with Crippen LogP contribution in [0, 0.1) is 0 Å². The van der Waals surface area contributed by atoms with Gasteiger partial charge in [0, 0.05) is 19.6 Å². The van der Waals surface area contributed by atoms with Crippen LogP contribution in [0.4, 0.5) is 0 Å². The zero-order chi connectivity index (χ0) is 14.7. The molecule has 7 heteroatoms. The highest BCUT2D eigenvalue weighted by atomic mass is 32.2. The van der Waals surface area contributed by atoms with Crippen molar-refractivity contribution in [3.8, 4) is 0 Å². The third-order valence-electron chi connectivity index (χ3n) is 3.47. The summed E-state index contributed by atoms with van der Waals surface area (Å²) in [5.74, 6) is -0.149. The summed E-state index contributed by atoms with van der Waals surface area (Å²) in [5.41, 5.74) is 5.11. The number of carbonyl (C=O) groups excluding carboxylic acids is 1. The fourth-order valence-electron chi connectivity index (χ4n) is 2.47. The Morgan fingerprint density at radius 2 is 2.11 bits per heavy atom. The minimum absolute atomic E-state index is 0.149. The number of nitrogens with one attached hydrogen (secondary N) is 1. The van der Waals surface area contributed by atoms with E-state index in [-0.39, 0.29) is 12.5 Å². The van der Waals surface area contributed by atoms with E-state index in [0.717, 1.165) is 6.42 Å². The highest BCUT2D eigenvalue weighted by Gasteiger charge is 2.39. The SMILES string of the molecule is CCCC(C)(N)C(=O)N1CCC(S(=O)(=O)NCC)C1. The molecular weight excluding hydrogens is 266 g/mol. The summed E-state index contributed by atoms with van der Waals surface area (Å²) < 4.78 is 26.3. The van der Waals surface area contributed by atoms with Crippen LogP contribution in [-0.2, 0) is 14.8 Å². The van der Waals surface area contributed by atoms with Crippen LogP contribution in [0.1, 0.15) is 40.0 Å². The van der Waals surface area contributed by atoms with Crippen LogP contribution in [0.5, 0.6) is 0 Å². The number of carbonyl (C=O) groups is 1. The summed E-state index contributed by atoms with van der Waals surface area (Å²) in [6.07, 6.45) is 1.90. The van der Waals surface area contributed by atoms with Gasteiger partial charge in [-0.2, -0.15) is 0 Å². The van der Waals surface area contributed by atoms with Gasteiger partial charge in [-0.15, -0.1) is 0 Å². The maximum Gasteiger partial charge on any atom is 0.242 e. The molecule has 0 spiro atoms. The molecule has 1 aliphatic heterocycles. The van der Waals surface area contributed by atoms with E-state index in [1.165, 1.54) is 0 Å².